The second kappa shape index (κ2) is 8.59. The maximum Gasteiger partial charge on any atom is 0.196 e. The van der Waals surface area contributed by atoms with E-state index in [9.17, 15) is 4.79 Å². The number of aromatic nitrogens is 3. The van der Waals surface area contributed by atoms with Gasteiger partial charge in [-0.2, -0.15) is 0 Å². The van der Waals surface area contributed by atoms with Crippen molar-refractivity contribution in [2.24, 2.45) is 0 Å². The van der Waals surface area contributed by atoms with E-state index >= 15 is 0 Å². The summed E-state index contributed by atoms with van der Waals surface area (Å²) in [6, 6.07) is 13.1. The average molecular weight is 453 g/mol. The molecule has 4 aromatic heterocycles. The molecule has 5 aromatic rings. The van der Waals surface area contributed by atoms with Gasteiger partial charge in [-0.1, -0.05) is 11.2 Å². The Morgan fingerprint density at radius 2 is 1.85 bits per heavy atom. The minimum absolute atomic E-state index is 0.0449. The first-order chi connectivity index (χ1) is 16.4. The first-order valence-corrected chi connectivity index (χ1v) is 11.1. The third-order valence-corrected chi connectivity index (χ3v) is 5.82. The van der Waals surface area contributed by atoms with Crippen molar-refractivity contribution >= 4 is 16.7 Å². The molecule has 7 nitrogen and oxygen atoms in total. The third-order valence-electron chi connectivity index (χ3n) is 5.82. The van der Waals surface area contributed by atoms with Crippen LogP contribution in [0, 0.1) is 20.8 Å². The zero-order chi connectivity index (χ0) is 23.8. The monoisotopic (exact) mass is 452 g/mol. The summed E-state index contributed by atoms with van der Waals surface area (Å²) in [6.45, 7) is 7.67. The molecule has 5 rings (SSSR count). The first-order valence-electron chi connectivity index (χ1n) is 11.1. The highest BCUT2D eigenvalue weighted by Gasteiger charge is 2.20. The second-order valence-corrected chi connectivity index (χ2v) is 8.46. The average Bonchev–Trinajstić information content (AvgIpc) is 3.28. The summed E-state index contributed by atoms with van der Waals surface area (Å²) in [6.07, 6.45) is 5.11. The van der Waals surface area contributed by atoms with Crippen LogP contribution < -0.4 is 10.7 Å². The molecule has 170 valence electrons. The third kappa shape index (κ3) is 3.85. The minimum Gasteiger partial charge on any atom is -0.455 e. The summed E-state index contributed by atoms with van der Waals surface area (Å²) in [5.41, 5.74) is 5.94. The van der Waals surface area contributed by atoms with Crippen molar-refractivity contribution in [3.05, 3.63) is 93.7 Å². The molecule has 0 radical (unpaired) electrons. The SMILES string of the molecule is Cc1cc(C(C)Nc2cccnc2-c2cc(C)no2)c2oc(-c3cccnc3)c(C)c(=O)c2c1. The predicted octanol–water partition coefficient (Wildman–Crippen LogP) is 6.00. The molecule has 34 heavy (non-hydrogen) atoms. The Kier molecular flexibility index (Phi) is 5.45. The van der Waals surface area contributed by atoms with E-state index in [-0.39, 0.29) is 11.5 Å². The predicted molar refractivity (Wildman–Crippen MR) is 132 cm³/mol. The number of hydrogen-bond donors (Lipinski definition) is 1. The lowest BCUT2D eigenvalue weighted by Gasteiger charge is -2.19. The van der Waals surface area contributed by atoms with Crippen LogP contribution >= 0.6 is 0 Å². The van der Waals surface area contributed by atoms with E-state index in [1.807, 2.05) is 63.2 Å². The molecular formula is C27H24N4O3. The lowest BCUT2D eigenvalue weighted by atomic mass is 9.99. The fourth-order valence-corrected chi connectivity index (χ4v) is 4.17. The molecule has 0 amide bonds. The van der Waals surface area contributed by atoms with Gasteiger partial charge in [0.2, 0.25) is 0 Å². The second-order valence-electron chi connectivity index (χ2n) is 8.46. The van der Waals surface area contributed by atoms with Gasteiger partial charge >= 0.3 is 0 Å². The molecule has 0 aliphatic rings. The normalized spacial score (nSPS) is 12.1. The number of fused-ring (bicyclic) bond motifs is 1. The van der Waals surface area contributed by atoms with E-state index in [4.69, 9.17) is 8.94 Å². The van der Waals surface area contributed by atoms with Crippen LogP contribution in [-0.2, 0) is 0 Å². The van der Waals surface area contributed by atoms with Crippen molar-refractivity contribution in [1.82, 2.24) is 15.1 Å². The fourth-order valence-electron chi connectivity index (χ4n) is 4.17. The van der Waals surface area contributed by atoms with Gasteiger partial charge in [0.15, 0.2) is 11.2 Å². The van der Waals surface area contributed by atoms with Gasteiger partial charge in [-0.05, 0) is 63.6 Å². The van der Waals surface area contributed by atoms with Crippen LogP contribution in [0.2, 0.25) is 0 Å². The summed E-state index contributed by atoms with van der Waals surface area (Å²) in [4.78, 5) is 22.0. The molecule has 0 spiro atoms. The topological polar surface area (TPSA) is 94.1 Å². The van der Waals surface area contributed by atoms with Crippen LogP contribution in [0.25, 0.3) is 33.7 Å². The lowest BCUT2D eigenvalue weighted by Crippen LogP contribution is -2.13. The Bertz CT molecular complexity index is 1550. The molecule has 0 bridgehead atoms. The Balaban J connectivity index is 1.63. The van der Waals surface area contributed by atoms with E-state index in [1.165, 1.54) is 0 Å². The Morgan fingerprint density at radius 3 is 2.59 bits per heavy atom. The quantitative estimate of drug-likeness (QED) is 0.349. The van der Waals surface area contributed by atoms with Crippen LogP contribution in [0.3, 0.4) is 0 Å². The minimum atomic E-state index is -0.193. The molecule has 1 atom stereocenters. The number of nitrogens with one attached hydrogen (secondary N) is 1. The van der Waals surface area contributed by atoms with Gasteiger partial charge in [0.25, 0.3) is 0 Å². The van der Waals surface area contributed by atoms with Crippen molar-refractivity contribution in [1.29, 1.82) is 0 Å². The molecule has 0 fully saturated rings. The Hall–Kier alpha value is -4.26. The van der Waals surface area contributed by atoms with E-state index in [0.29, 0.717) is 33.7 Å². The maximum absolute atomic E-state index is 13.3. The molecule has 7 heteroatoms. The number of pyridine rings is 2. The van der Waals surface area contributed by atoms with Gasteiger partial charge in [-0.15, -0.1) is 0 Å². The van der Waals surface area contributed by atoms with Gasteiger partial charge in [0.1, 0.15) is 17.0 Å². The van der Waals surface area contributed by atoms with Gasteiger partial charge in [0.05, 0.1) is 22.8 Å². The summed E-state index contributed by atoms with van der Waals surface area (Å²) in [5, 5.41) is 8.07. The summed E-state index contributed by atoms with van der Waals surface area (Å²) >= 11 is 0. The van der Waals surface area contributed by atoms with Crippen molar-refractivity contribution in [3.8, 4) is 22.8 Å². The van der Waals surface area contributed by atoms with E-state index in [0.717, 1.165) is 28.1 Å². The standard InChI is InChI=1S/C27H24N4O3/c1-15-11-20(18(4)30-22-8-6-10-29-24(22)23-13-16(2)31-34-23)27-21(12-15)25(32)17(3)26(33-27)19-7-5-9-28-14-19/h5-14,18,30H,1-4H3. The molecular weight excluding hydrogens is 428 g/mol. The van der Waals surface area contributed by atoms with Gasteiger partial charge in [-0.3, -0.25) is 14.8 Å². The maximum atomic E-state index is 13.3. The first kappa shape index (κ1) is 21.6. The van der Waals surface area contributed by atoms with Crippen LogP contribution in [0.4, 0.5) is 5.69 Å². The van der Waals surface area contributed by atoms with Crippen molar-refractivity contribution in [2.75, 3.05) is 5.32 Å². The molecule has 1 aromatic carbocycles. The van der Waals surface area contributed by atoms with Crippen molar-refractivity contribution in [2.45, 2.75) is 33.7 Å². The number of nitrogens with zero attached hydrogens (tertiary/aromatic N) is 3. The smallest absolute Gasteiger partial charge is 0.196 e. The summed E-state index contributed by atoms with van der Waals surface area (Å²) in [7, 11) is 0. The van der Waals surface area contributed by atoms with E-state index in [1.54, 1.807) is 25.5 Å². The Morgan fingerprint density at radius 1 is 1.03 bits per heavy atom. The van der Waals surface area contributed by atoms with E-state index in [2.05, 4.69) is 20.4 Å². The Labute approximate surface area is 196 Å². The number of benzene rings is 1. The largest absolute Gasteiger partial charge is 0.455 e. The van der Waals surface area contributed by atoms with Gasteiger partial charge in [-0.25, -0.2) is 0 Å². The highest BCUT2D eigenvalue weighted by molar-refractivity contribution is 5.85. The van der Waals surface area contributed by atoms with Crippen molar-refractivity contribution < 1.29 is 8.94 Å². The number of anilines is 1. The van der Waals surface area contributed by atoms with E-state index < -0.39 is 0 Å². The molecule has 0 saturated carbocycles. The van der Waals surface area contributed by atoms with Crippen LogP contribution in [0.15, 0.2) is 74.8 Å². The lowest BCUT2D eigenvalue weighted by molar-refractivity contribution is 0.426. The molecule has 1 N–H and O–H groups in total. The van der Waals surface area contributed by atoms with Crippen LogP contribution in [-0.4, -0.2) is 15.1 Å². The number of rotatable bonds is 5. The van der Waals surface area contributed by atoms with Crippen molar-refractivity contribution in [3.63, 3.8) is 0 Å². The van der Waals surface area contributed by atoms with Gasteiger partial charge < -0.3 is 14.3 Å². The number of hydrogen-bond acceptors (Lipinski definition) is 7. The highest BCUT2D eigenvalue weighted by Crippen LogP contribution is 2.34. The summed E-state index contributed by atoms with van der Waals surface area (Å²) < 4.78 is 11.8. The van der Waals surface area contributed by atoms with Crippen LogP contribution in [0.1, 0.15) is 35.3 Å². The molecule has 0 aliphatic heterocycles. The van der Waals surface area contributed by atoms with Gasteiger partial charge in [0, 0.05) is 41.3 Å². The highest BCUT2D eigenvalue weighted by atomic mass is 16.5. The summed E-state index contributed by atoms with van der Waals surface area (Å²) in [5.74, 6) is 1.12. The molecule has 4 heterocycles. The molecule has 0 saturated heterocycles. The fraction of sp³-hybridized carbons (Fsp3) is 0.185. The molecule has 0 aliphatic carbocycles. The van der Waals surface area contributed by atoms with Crippen LogP contribution in [0.5, 0.6) is 0 Å². The molecule has 1 unspecified atom stereocenters. The zero-order valence-corrected chi connectivity index (χ0v) is 19.4. The number of aryl methyl sites for hydroxylation is 2. The zero-order valence-electron chi connectivity index (χ0n) is 19.4.